The van der Waals surface area contributed by atoms with Crippen LogP contribution >= 0.6 is 11.3 Å². The maximum atomic E-state index is 5.95. The van der Waals surface area contributed by atoms with E-state index < -0.39 is 0 Å². The summed E-state index contributed by atoms with van der Waals surface area (Å²) >= 11 is 1.69. The minimum Gasteiger partial charge on any atom is -0.490 e. The molecule has 0 unspecified atom stereocenters. The molecular formula is C22H23N3O2S. The minimum atomic E-state index is 0.557. The maximum Gasteiger partial charge on any atom is 0.161 e. The predicted octanol–water partition coefficient (Wildman–Crippen LogP) is 4.89. The molecule has 2 N–H and O–H groups in total. The summed E-state index contributed by atoms with van der Waals surface area (Å²) in [4.78, 5) is 9.12. The van der Waals surface area contributed by atoms with E-state index in [1.54, 1.807) is 11.3 Å². The maximum absolute atomic E-state index is 5.95. The zero-order chi connectivity index (χ0) is 19.2. The van der Waals surface area contributed by atoms with E-state index in [0.29, 0.717) is 19.8 Å². The number of benzene rings is 2. The van der Waals surface area contributed by atoms with Crippen molar-refractivity contribution in [1.82, 2.24) is 15.3 Å². The Bertz CT molecular complexity index is 994. The molecule has 4 rings (SSSR count). The van der Waals surface area contributed by atoms with Gasteiger partial charge in [-0.3, -0.25) is 0 Å². The molecule has 6 heteroatoms. The Morgan fingerprint density at radius 1 is 1.00 bits per heavy atom. The third-order valence-corrected chi connectivity index (χ3v) is 5.17. The van der Waals surface area contributed by atoms with Gasteiger partial charge in [-0.1, -0.05) is 24.3 Å². The van der Waals surface area contributed by atoms with Gasteiger partial charge in [-0.25, -0.2) is 4.98 Å². The van der Waals surface area contributed by atoms with Crippen LogP contribution in [0.5, 0.6) is 11.5 Å². The first-order chi connectivity index (χ1) is 13.8. The first-order valence-corrected chi connectivity index (χ1v) is 10.2. The second kappa shape index (κ2) is 8.91. The number of thiophene rings is 1. The van der Waals surface area contributed by atoms with Crippen LogP contribution in [0.2, 0.25) is 0 Å². The van der Waals surface area contributed by atoms with Crippen LogP contribution in [-0.4, -0.2) is 16.6 Å². The summed E-state index contributed by atoms with van der Waals surface area (Å²) in [5.74, 6) is 2.49. The van der Waals surface area contributed by atoms with Gasteiger partial charge < -0.3 is 19.8 Å². The van der Waals surface area contributed by atoms with E-state index in [-0.39, 0.29) is 0 Å². The molecule has 2 aromatic heterocycles. The van der Waals surface area contributed by atoms with Crippen molar-refractivity contribution >= 4 is 22.4 Å². The van der Waals surface area contributed by atoms with Crippen molar-refractivity contribution in [3.63, 3.8) is 0 Å². The van der Waals surface area contributed by atoms with E-state index in [1.807, 2.05) is 49.4 Å². The molecule has 0 fully saturated rings. The third kappa shape index (κ3) is 4.52. The van der Waals surface area contributed by atoms with Crippen LogP contribution in [0.3, 0.4) is 0 Å². The van der Waals surface area contributed by atoms with Crippen molar-refractivity contribution in [2.75, 3.05) is 6.61 Å². The lowest BCUT2D eigenvalue weighted by molar-refractivity contribution is 0.271. The number of fused-ring (bicyclic) bond motifs is 1. The zero-order valence-corrected chi connectivity index (χ0v) is 16.6. The van der Waals surface area contributed by atoms with Crippen LogP contribution < -0.4 is 14.8 Å². The van der Waals surface area contributed by atoms with Crippen LogP contribution in [0.1, 0.15) is 23.2 Å². The molecule has 0 saturated carbocycles. The van der Waals surface area contributed by atoms with Crippen molar-refractivity contribution in [3.05, 3.63) is 76.2 Å². The number of para-hydroxylation sites is 2. The molecule has 0 radical (unpaired) electrons. The van der Waals surface area contributed by atoms with E-state index in [0.717, 1.165) is 40.5 Å². The second-order valence-corrected chi connectivity index (χ2v) is 7.42. The topological polar surface area (TPSA) is 59.2 Å². The van der Waals surface area contributed by atoms with Gasteiger partial charge in [-0.2, -0.15) is 0 Å². The molecule has 0 atom stereocenters. The fraction of sp³-hybridized carbons (Fsp3) is 0.227. The summed E-state index contributed by atoms with van der Waals surface area (Å²) in [5.41, 5.74) is 3.19. The SMILES string of the molecule is CCOc1cc(CNCc2nc3ccccc3[nH]2)ccc1OCc1cccs1. The fourth-order valence-corrected chi connectivity index (χ4v) is 3.62. The molecule has 5 nitrogen and oxygen atoms in total. The molecule has 0 bridgehead atoms. The Labute approximate surface area is 168 Å². The van der Waals surface area contributed by atoms with E-state index in [4.69, 9.17) is 9.47 Å². The van der Waals surface area contributed by atoms with E-state index in [1.165, 1.54) is 4.88 Å². The molecule has 0 aliphatic heterocycles. The normalized spacial score (nSPS) is 11.0. The Balaban J connectivity index is 1.37. The van der Waals surface area contributed by atoms with Gasteiger partial charge in [-0.05, 0) is 48.2 Å². The second-order valence-electron chi connectivity index (χ2n) is 6.39. The smallest absolute Gasteiger partial charge is 0.161 e. The number of aromatic nitrogens is 2. The number of nitrogens with zero attached hydrogens (tertiary/aromatic N) is 1. The average Bonchev–Trinajstić information content (AvgIpc) is 3.37. The Morgan fingerprint density at radius 3 is 2.75 bits per heavy atom. The van der Waals surface area contributed by atoms with Gasteiger partial charge in [0, 0.05) is 11.4 Å². The number of hydrogen-bond acceptors (Lipinski definition) is 5. The first kappa shape index (κ1) is 18.5. The van der Waals surface area contributed by atoms with Gasteiger partial charge >= 0.3 is 0 Å². The number of hydrogen-bond donors (Lipinski definition) is 2. The Hall–Kier alpha value is -2.83. The van der Waals surface area contributed by atoms with Gasteiger partial charge in [0.2, 0.25) is 0 Å². The van der Waals surface area contributed by atoms with Crippen LogP contribution in [0, 0.1) is 0 Å². The Kier molecular flexibility index (Phi) is 5.89. The number of rotatable bonds is 9. The van der Waals surface area contributed by atoms with Gasteiger partial charge in [0.25, 0.3) is 0 Å². The molecule has 2 heterocycles. The zero-order valence-electron chi connectivity index (χ0n) is 15.8. The number of aromatic amines is 1. The first-order valence-electron chi connectivity index (χ1n) is 9.37. The number of imidazole rings is 1. The van der Waals surface area contributed by atoms with Crippen molar-refractivity contribution in [2.45, 2.75) is 26.6 Å². The summed E-state index contributed by atoms with van der Waals surface area (Å²) in [5, 5.41) is 5.49. The van der Waals surface area contributed by atoms with Crippen LogP contribution in [0.15, 0.2) is 60.0 Å². The molecule has 2 aromatic carbocycles. The molecule has 144 valence electrons. The van der Waals surface area contributed by atoms with Gasteiger partial charge in [-0.15, -0.1) is 11.3 Å². The highest BCUT2D eigenvalue weighted by atomic mass is 32.1. The summed E-state index contributed by atoms with van der Waals surface area (Å²) in [6.07, 6.45) is 0. The highest BCUT2D eigenvalue weighted by Crippen LogP contribution is 2.29. The number of H-pyrrole nitrogens is 1. The fourth-order valence-electron chi connectivity index (χ4n) is 3.01. The van der Waals surface area contributed by atoms with Gasteiger partial charge in [0.05, 0.1) is 24.2 Å². The minimum absolute atomic E-state index is 0.557. The van der Waals surface area contributed by atoms with Crippen molar-refractivity contribution in [3.8, 4) is 11.5 Å². The van der Waals surface area contributed by atoms with Gasteiger partial charge in [0.1, 0.15) is 12.4 Å². The molecule has 0 spiro atoms. The predicted molar refractivity (Wildman–Crippen MR) is 113 cm³/mol. The van der Waals surface area contributed by atoms with E-state index >= 15 is 0 Å². The highest BCUT2D eigenvalue weighted by molar-refractivity contribution is 7.09. The molecule has 0 saturated heterocycles. The molecule has 28 heavy (non-hydrogen) atoms. The molecule has 0 amide bonds. The largest absolute Gasteiger partial charge is 0.490 e. The van der Waals surface area contributed by atoms with Crippen molar-refractivity contribution in [1.29, 1.82) is 0 Å². The molecule has 4 aromatic rings. The van der Waals surface area contributed by atoms with Crippen molar-refractivity contribution < 1.29 is 9.47 Å². The molecule has 0 aliphatic rings. The summed E-state index contributed by atoms with van der Waals surface area (Å²) in [6, 6.07) is 18.2. The lowest BCUT2D eigenvalue weighted by Crippen LogP contribution is -2.14. The van der Waals surface area contributed by atoms with Crippen molar-refractivity contribution in [2.24, 2.45) is 0 Å². The number of ether oxygens (including phenoxy) is 2. The standard InChI is InChI=1S/C22H23N3O2S/c1-2-26-21-12-16(9-10-20(21)27-15-17-6-5-11-28-17)13-23-14-22-24-18-7-3-4-8-19(18)25-22/h3-12,23H,2,13-15H2,1H3,(H,24,25). The summed E-state index contributed by atoms with van der Waals surface area (Å²) in [7, 11) is 0. The average molecular weight is 394 g/mol. The van der Waals surface area contributed by atoms with E-state index in [2.05, 4.69) is 32.8 Å². The number of nitrogens with one attached hydrogen (secondary N) is 2. The Morgan fingerprint density at radius 2 is 1.93 bits per heavy atom. The lowest BCUT2D eigenvalue weighted by atomic mass is 10.2. The monoisotopic (exact) mass is 393 g/mol. The summed E-state index contributed by atoms with van der Waals surface area (Å²) < 4.78 is 11.7. The quantitative estimate of drug-likeness (QED) is 0.425. The third-order valence-electron chi connectivity index (χ3n) is 4.32. The van der Waals surface area contributed by atoms with Gasteiger partial charge in [0.15, 0.2) is 11.5 Å². The summed E-state index contributed by atoms with van der Waals surface area (Å²) in [6.45, 7) is 4.54. The highest BCUT2D eigenvalue weighted by Gasteiger charge is 2.08. The lowest BCUT2D eigenvalue weighted by Gasteiger charge is -2.13. The van der Waals surface area contributed by atoms with E-state index in [9.17, 15) is 0 Å². The van der Waals surface area contributed by atoms with Crippen LogP contribution in [0.4, 0.5) is 0 Å². The molecular weight excluding hydrogens is 370 g/mol. The molecule has 0 aliphatic carbocycles. The van der Waals surface area contributed by atoms with Crippen LogP contribution in [0.25, 0.3) is 11.0 Å². The van der Waals surface area contributed by atoms with Crippen LogP contribution in [-0.2, 0) is 19.7 Å².